The van der Waals surface area contributed by atoms with Crippen LogP contribution in [0.3, 0.4) is 0 Å². The quantitative estimate of drug-likeness (QED) is 0.633. The lowest BCUT2D eigenvalue weighted by atomic mass is 10.2. The van der Waals surface area contributed by atoms with E-state index in [2.05, 4.69) is 10.5 Å². The molecule has 0 radical (unpaired) electrons. The number of nitrogens with zero attached hydrogens (tertiary/aromatic N) is 2. The van der Waals surface area contributed by atoms with Gasteiger partial charge in [-0.15, -0.1) is 0 Å². The molecule has 0 amide bonds. The van der Waals surface area contributed by atoms with E-state index >= 15 is 0 Å². The topological polar surface area (TPSA) is 61.8 Å². The molecule has 5 nitrogen and oxygen atoms in total. The standard InChI is InChI=1S/C18H20ClN3O2S/c19-16-8-6-9-17(13-16)21-20-14-15-7-2-3-10-18(15)25(23,24)22-11-4-1-5-12-22/h2-3,6-10,13-14,21H,1,4-5,11-12H2. The Labute approximate surface area is 153 Å². The molecule has 0 aromatic heterocycles. The number of hydrazone groups is 1. The van der Waals surface area contributed by atoms with E-state index in [4.69, 9.17) is 11.6 Å². The summed E-state index contributed by atoms with van der Waals surface area (Å²) >= 11 is 5.94. The van der Waals surface area contributed by atoms with Crippen molar-refractivity contribution in [1.29, 1.82) is 0 Å². The second-order valence-corrected chi connectivity index (χ2v) is 8.23. The van der Waals surface area contributed by atoms with E-state index in [1.807, 2.05) is 12.1 Å². The van der Waals surface area contributed by atoms with Gasteiger partial charge in [0.05, 0.1) is 16.8 Å². The van der Waals surface area contributed by atoms with Gasteiger partial charge in [-0.2, -0.15) is 9.41 Å². The van der Waals surface area contributed by atoms with Crippen LogP contribution in [0, 0.1) is 0 Å². The van der Waals surface area contributed by atoms with Crippen LogP contribution in [0.2, 0.25) is 5.02 Å². The molecule has 1 aliphatic rings. The number of hydrogen-bond donors (Lipinski definition) is 1. The number of piperidine rings is 1. The van der Waals surface area contributed by atoms with E-state index in [-0.39, 0.29) is 4.90 Å². The normalized spacial score (nSPS) is 16.2. The Morgan fingerprint density at radius 1 is 1.04 bits per heavy atom. The fraction of sp³-hybridized carbons (Fsp3) is 0.278. The first-order valence-electron chi connectivity index (χ1n) is 8.21. The van der Waals surface area contributed by atoms with Crippen molar-refractivity contribution in [3.8, 4) is 0 Å². The highest BCUT2D eigenvalue weighted by atomic mass is 35.5. The Morgan fingerprint density at radius 3 is 2.56 bits per heavy atom. The molecule has 2 aromatic rings. The zero-order chi connectivity index (χ0) is 17.7. The number of anilines is 1. The van der Waals surface area contributed by atoms with Gasteiger partial charge in [-0.3, -0.25) is 5.43 Å². The third-order valence-corrected chi connectivity index (χ3v) is 6.28. The second-order valence-electron chi connectivity index (χ2n) is 5.88. The minimum Gasteiger partial charge on any atom is -0.278 e. The van der Waals surface area contributed by atoms with Gasteiger partial charge in [0.1, 0.15) is 0 Å². The molecule has 3 rings (SSSR count). The summed E-state index contributed by atoms with van der Waals surface area (Å²) in [6, 6.07) is 14.1. The summed E-state index contributed by atoms with van der Waals surface area (Å²) in [5.41, 5.74) is 4.16. The third-order valence-electron chi connectivity index (χ3n) is 4.07. The molecule has 132 valence electrons. The summed E-state index contributed by atoms with van der Waals surface area (Å²) < 4.78 is 27.4. The predicted octanol–water partition coefficient (Wildman–Crippen LogP) is 3.96. The van der Waals surface area contributed by atoms with Gasteiger partial charge in [0.2, 0.25) is 10.0 Å². The molecular formula is C18H20ClN3O2S. The maximum absolute atomic E-state index is 12.9. The molecular weight excluding hydrogens is 358 g/mol. The Hall–Kier alpha value is -1.89. The van der Waals surface area contributed by atoms with Crippen LogP contribution >= 0.6 is 11.6 Å². The van der Waals surface area contributed by atoms with Gasteiger partial charge in [0, 0.05) is 23.7 Å². The van der Waals surface area contributed by atoms with Crippen LogP contribution in [0.5, 0.6) is 0 Å². The molecule has 1 fully saturated rings. The van der Waals surface area contributed by atoms with E-state index in [1.165, 1.54) is 6.21 Å². The lowest BCUT2D eigenvalue weighted by Crippen LogP contribution is -2.36. The molecule has 0 unspecified atom stereocenters. The molecule has 0 saturated carbocycles. The van der Waals surface area contributed by atoms with Gasteiger partial charge in [-0.1, -0.05) is 42.3 Å². The highest BCUT2D eigenvalue weighted by Gasteiger charge is 2.27. The fourth-order valence-electron chi connectivity index (χ4n) is 2.80. The maximum Gasteiger partial charge on any atom is 0.243 e. The third kappa shape index (κ3) is 4.39. The van der Waals surface area contributed by atoms with Crippen molar-refractivity contribution in [3.63, 3.8) is 0 Å². The van der Waals surface area contributed by atoms with E-state index < -0.39 is 10.0 Å². The SMILES string of the molecule is O=S(=O)(c1ccccc1C=NNc1cccc(Cl)c1)N1CCCCC1. The lowest BCUT2D eigenvalue weighted by Gasteiger charge is -2.26. The summed E-state index contributed by atoms with van der Waals surface area (Å²) in [5.74, 6) is 0. The minimum atomic E-state index is -3.50. The first kappa shape index (κ1) is 17.9. The van der Waals surface area contributed by atoms with E-state index in [9.17, 15) is 8.42 Å². The second kappa shape index (κ2) is 7.99. The smallest absolute Gasteiger partial charge is 0.243 e. The Bertz CT molecular complexity index is 862. The van der Waals surface area contributed by atoms with Crippen LogP contribution in [-0.4, -0.2) is 32.0 Å². The monoisotopic (exact) mass is 377 g/mol. The van der Waals surface area contributed by atoms with Crippen molar-refractivity contribution in [2.45, 2.75) is 24.2 Å². The molecule has 0 bridgehead atoms. The van der Waals surface area contributed by atoms with Crippen LogP contribution in [0.25, 0.3) is 0 Å². The van der Waals surface area contributed by atoms with Gasteiger partial charge in [-0.05, 0) is 37.1 Å². The van der Waals surface area contributed by atoms with Crippen molar-refractivity contribution in [2.75, 3.05) is 18.5 Å². The summed E-state index contributed by atoms with van der Waals surface area (Å²) in [5, 5.41) is 4.76. The number of benzene rings is 2. The summed E-state index contributed by atoms with van der Waals surface area (Å²) in [6.45, 7) is 1.16. The summed E-state index contributed by atoms with van der Waals surface area (Å²) in [7, 11) is -3.50. The Morgan fingerprint density at radius 2 is 1.80 bits per heavy atom. The molecule has 7 heteroatoms. The predicted molar refractivity (Wildman–Crippen MR) is 102 cm³/mol. The average molecular weight is 378 g/mol. The number of hydrogen-bond acceptors (Lipinski definition) is 4. The van der Waals surface area contributed by atoms with Crippen LogP contribution in [0.4, 0.5) is 5.69 Å². The number of halogens is 1. The van der Waals surface area contributed by atoms with Crippen molar-refractivity contribution in [2.24, 2.45) is 5.10 Å². The van der Waals surface area contributed by atoms with Crippen molar-refractivity contribution >= 4 is 33.5 Å². The van der Waals surface area contributed by atoms with Crippen LogP contribution in [-0.2, 0) is 10.0 Å². The van der Waals surface area contributed by atoms with E-state index in [0.29, 0.717) is 23.7 Å². The molecule has 1 saturated heterocycles. The molecule has 0 spiro atoms. The highest BCUT2D eigenvalue weighted by Crippen LogP contribution is 2.23. The molecule has 1 heterocycles. The van der Waals surface area contributed by atoms with Crippen molar-refractivity contribution < 1.29 is 8.42 Å². The first-order chi connectivity index (χ1) is 12.1. The zero-order valence-electron chi connectivity index (χ0n) is 13.7. The molecule has 1 aliphatic heterocycles. The largest absolute Gasteiger partial charge is 0.278 e. The minimum absolute atomic E-state index is 0.286. The van der Waals surface area contributed by atoms with E-state index in [0.717, 1.165) is 24.9 Å². The molecule has 1 N–H and O–H groups in total. The van der Waals surface area contributed by atoms with Gasteiger partial charge in [0.25, 0.3) is 0 Å². The number of rotatable bonds is 5. The maximum atomic E-state index is 12.9. The molecule has 0 aliphatic carbocycles. The molecule has 0 atom stereocenters. The first-order valence-corrected chi connectivity index (χ1v) is 10.0. The molecule has 2 aromatic carbocycles. The fourth-order valence-corrected chi connectivity index (χ4v) is 4.68. The Kier molecular flexibility index (Phi) is 5.73. The van der Waals surface area contributed by atoms with Gasteiger partial charge < -0.3 is 0 Å². The van der Waals surface area contributed by atoms with Crippen LogP contribution < -0.4 is 5.43 Å². The van der Waals surface area contributed by atoms with Crippen LogP contribution in [0.15, 0.2) is 58.5 Å². The number of nitrogens with one attached hydrogen (secondary N) is 1. The van der Waals surface area contributed by atoms with Crippen molar-refractivity contribution in [1.82, 2.24) is 4.31 Å². The lowest BCUT2D eigenvalue weighted by molar-refractivity contribution is 0.346. The van der Waals surface area contributed by atoms with Gasteiger partial charge in [-0.25, -0.2) is 8.42 Å². The van der Waals surface area contributed by atoms with Crippen molar-refractivity contribution in [3.05, 3.63) is 59.1 Å². The van der Waals surface area contributed by atoms with Gasteiger partial charge in [0.15, 0.2) is 0 Å². The van der Waals surface area contributed by atoms with Crippen LogP contribution in [0.1, 0.15) is 24.8 Å². The molecule has 25 heavy (non-hydrogen) atoms. The van der Waals surface area contributed by atoms with Gasteiger partial charge >= 0.3 is 0 Å². The number of sulfonamides is 1. The average Bonchev–Trinajstić information content (AvgIpc) is 2.63. The zero-order valence-corrected chi connectivity index (χ0v) is 15.3. The summed E-state index contributed by atoms with van der Waals surface area (Å²) in [6.07, 6.45) is 4.42. The summed E-state index contributed by atoms with van der Waals surface area (Å²) in [4.78, 5) is 0.286. The Balaban J connectivity index is 1.82. The van der Waals surface area contributed by atoms with E-state index in [1.54, 1.807) is 40.7 Å². The highest BCUT2D eigenvalue weighted by molar-refractivity contribution is 7.89.